The third-order valence-corrected chi connectivity index (χ3v) is 9.13. The fraction of sp³-hybridized carbons (Fsp3) is 0.333. The maximum atomic E-state index is 15.0. The number of ketones is 2. The molecule has 0 fully saturated rings. The first-order valence-electron chi connectivity index (χ1n) is 14.3. The van der Waals surface area contributed by atoms with Gasteiger partial charge in [-0.15, -0.1) is 0 Å². The summed E-state index contributed by atoms with van der Waals surface area (Å²) >= 11 is 6.62. The molecule has 1 aliphatic carbocycles. The highest BCUT2D eigenvalue weighted by atomic mass is 35.5. The lowest BCUT2D eigenvalue weighted by molar-refractivity contribution is -0.130. The Kier molecular flexibility index (Phi) is 7.19. The predicted molar refractivity (Wildman–Crippen MR) is 167 cm³/mol. The Bertz CT molecular complexity index is 1970. The normalized spacial score (nSPS) is 21.5. The van der Waals surface area contributed by atoms with Crippen molar-refractivity contribution in [3.63, 3.8) is 0 Å². The highest BCUT2D eigenvalue weighted by Crippen LogP contribution is 2.56. The van der Waals surface area contributed by atoms with Crippen molar-refractivity contribution in [2.45, 2.75) is 31.8 Å². The Morgan fingerprint density at radius 3 is 2.36 bits per heavy atom. The minimum Gasteiger partial charge on any atom is -0.496 e. The molecule has 3 aromatic rings. The van der Waals surface area contributed by atoms with Crippen LogP contribution in [0.2, 0.25) is 5.02 Å². The van der Waals surface area contributed by atoms with Crippen LogP contribution in [0.3, 0.4) is 0 Å². The first kappa shape index (κ1) is 30.3. The van der Waals surface area contributed by atoms with Crippen LogP contribution in [0.1, 0.15) is 47.7 Å². The lowest BCUT2D eigenvalue weighted by atomic mass is 9.66. The largest absolute Gasteiger partial charge is 0.496 e. The lowest BCUT2D eigenvalue weighted by Crippen LogP contribution is -2.58. The lowest BCUT2D eigenvalue weighted by Gasteiger charge is -2.42. The van der Waals surface area contributed by atoms with E-state index in [1.165, 1.54) is 31.9 Å². The molecular weight excluding hydrogens is 602 g/mol. The van der Waals surface area contributed by atoms with Crippen molar-refractivity contribution in [3.05, 3.63) is 96.3 Å². The summed E-state index contributed by atoms with van der Waals surface area (Å²) in [6.07, 6.45) is 0.191. The number of allylic oxidation sites excluding steroid dienone is 1. The van der Waals surface area contributed by atoms with Crippen molar-refractivity contribution in [3.8, 4) is 23.0 Å². The number of fused-ring (bicyclic) bond motifs is 2. The molecule has 2 aliphatic heterocycles. The smallest absolute Gasteiger partial charge is 0.332 e. The summed E-state index contributed by atoms with van der Waals surface area (Å²) in [7, 11) is 5.76. The Labute approximate surface area is 263 Å². The van der Waals surface area contributed by atoms with E-state index in [2.05, 4.69) is 11.9 Å². The van der Waals surface area contributed by atoms with E-state index in [4.69, 9.17) is 30.5 Å². The highest BCUT2D eigenvalue weighted by molar-refractivity contribution is 6.36. The van der Waals surface area contributed by atoms with E-state index >= 15 is 0 Å². The van der Waals surface area contributed by atoms with E-state index in [1.807, 2.05) is 6.92 Å². The molecule has 2 aromatic carbocycles. The van der Waals surface area contributed by atoms with Gasteiger partial charge in [0.05, 0.1) is 19.8 Å². The van der Waals surface area contributed by atoms with Crippen LogP contribution in [0.5, 0.6) is 23.0 Å². The van der Waals surface area contributed by atoms with E-state index in [0.717, 1.165) is 10.1 Å². The van der Waals surface area contributed by atoms with Gasteiger partial charge >= 0.3 is 5.69 Å². The molecule has 6 rings (SSSR count). The van der Waals surface area contributed by atoms with Crippen LogP contribution in [0.25, 0.3) is 0 Å². The quantitative estimate of drug-likeness (QED) is 0.315. The second kappa shape index (κ2) is 10.7. The highest BCUT2D eigenvalue weighted by Gasteiger charge is 2.63. The molecule has 12 heteroatoms. The molecule has 3 aliphatic rings. The number of nitrogens with zero attached hydrogens (tertiary/aromatic N) is 2. The zero-order valence-corrected chi connectivity index (χ0v) is 26.5. The first-order chi connectivity index (χ1) is 21.4. The molecule has 11 nitrogen and oxygen atoms in total. The fourth-order valence-electron chi connectivity index (χ4n) is 6.49. The monoisotopic (exact) mass is 633 g/mol. The van der Waals surface area contributed by atoms with E-state index in [1.54, 1.807) is 38.2 Å². The van der Waals surface area contributed by atoms with Crippen molar-refractivity contribution < 1.29 is 28.5 Å². The number of hydrogen-bond acceptors (Lipinski definition) is 9. The SMILES string of the molecule is C=C(C)COc1ccc([C@@H]2C3=C(C[C@@H](C)[C@]4(Oc5c(Cl)c(OC)cc(OC)c5C4=O)C3=O)Nc3c2c(=O)n(C)c(=O)n3C)cc1. The van der Waals surface area contributed by atoms with E-state index in [9.17, 15) is 19.2 Å². The summed E-state index contributed by atoms with van der Waals surface area (Å²) in [5, 5.41) is 3.25. The molecule has 1 spiro atoms. The Morgan fingerprint density at radius 1 is 1.07 bits per heavy atom. The number of nitrogens with one attached hydrogen (secondary N) is 1. The molecule has 0 saturated heterocycles. The Morgan fingerprint density at radius 2 is 1.73 bits per heavy atom. The van der Waals surface area contributed by atoms with E-state index in [-0.39, 0.29) is 51.2 Å². The van der Waals surface area contributed by atoms with Crippen LogP contribution in [0, 0.1) is 5.92 Å². The third-order valence-electron chi connectivity index (χ3n) is 8.77. The summed E-state index contributed by atoms with van der Waals surface area (Å²) in [5.74, 6) is -1.60. The number of hydrogen-bond donors (Lipinski definition) is 1. The van der Waals surface area contributed by atoms with Crippen molar-refractivity contribution in [2.24, 2.45) is 20.0 Å². The molecule has 0 bridgehead atoms. The number of halogens is 1. The van der Waals surface area contributed by atoms with Gasteiger partial charge in [0.1, 0.15) is 40.3 Å². The molecule has 1 aromatic heterocycles. The maximum Gasteiger partial charge on any atom is 0.332 e. The predicted octanol–water partition coefficient (Wildman–Crippen LogP) is 4.14. The summed E-state index contributed by atoms with van der Waals surface area (Å²) in [6.45, 7) is 7.77. The van der Waals surface area contributed by atoms with E-state index < -0.39 is 40.3 Å². The van der Waals surface area contributed by atoms with Crippen LogP contribution in [-0.2, 0) is 18.9 Å². The second-order valence-electron chi connectivity index (χ2n) is 11.6. The van der Waals surface area contributed by atoms with E-state index in [0.29, 0.717) is 23.6 Å². The molecule has 0 amide bonds. The molecule has 45 heavy (non-hydrogen) atoms. The molecule has 3 atom stereocenters. The third kappa shape index (κ3) is 4.24. The minimum absolute atomic E-state index is 0.000148. The number of Topliss-reactive ketones (excluding diaryl/α,β-unsaturated/α-hetero) is 2. The zero-order chi connectivity index (χ0) is 32.5. The minimum atomic E-state index is -1.99. The summed E-state index contributed by atoms with van der Waals surface area (Å²) in [5.41, 5.74) is -0.742. The van der Waals surface area contributed by atoms with Gasteiger partial charge in [-0.25, -0.2) is 4.79 Å². The number of methoxy groups -OCH3 is 2. The molecule has 0 saturated carbocycles. The number of ether oxygens (including phenoxy) is 4. The summed E-state index contributed by atoms with van der Waals surface area (Å²) in [4.78, 5) is 56.1. The fourth-order valence-corrected chi connectivity index (χ4v) is 6.75. The number of benzene rings is 2. The summed E-state index contributed by atoms with van der Waals surface area (Å²) < 4.78 is 25.4. The van der Waals surface area contributed by atoms with Crippen LogP contribution < -0.4 is 35.5 Å². The Balaban J connectivity index is 1.56. The molecule has 0 unspecified atom stereocenters. The van der Waals surface area contributed by atoms with Gasteiger partial charge in [-0.05, 0) is 36.6 Å². The van der Waals surface area contributed by atoms with Crippen LogP contribution in [0.15, 0.2) is 63.3 Å². The van der Waals surface area contributed by atoms with Crippen molar-refractivity contribution in [2.75, 3.05) is 26.1 Å². The van der Waals surface area contributed by atoms with Gasteiger partial charge in [-0.3, -0.25) is 23.5 Å². The number of carbonyl (C=O) groups excluding carboxylic acids is 2. The molecular formula is C33H32ClN3O8. The molecule has 3 heterocycles. The molecule has 0 radical (unpaired) electrons. The van der Waals surface area contributed by atoms with Crippen molar-refractivity contribution in [1.82, 2.24) is 9.13 Å². The maximum absolute atomic E-state index is 15.0. The number of rotatable bonds is 6. The molecule has 1 N–H and O–H groups in total. The van der Waals surface area contributed by atoms with Gasteiger partial charge in [0.15, 0.2) is 5.75 Å². The van der Waals surface area contributed by atoms with Crippen molar-refractivity contribution >= 4 is 29.0 Å². The van der Waals surface area contributed by atoms with Crippen LogP contribution in [-0.4, -0.2) is 47.1 Å². The average Bonchev–Trinajstić information content (AvgIpc) is 3.34. The number of aromatic nitrogens is 2. The van der Waals surface area contributed by atoms with Gasteiger partial charge in [-0.1, -0.05) is 37.2 Å². The van der Waals surface area contributed by atoms with Crippen LogP contribution >= 0.6 is 11.6 Å². The van der Waals surface area contributed by atoms with Gasteiger partial charge in [0.25, 0.3) is 5.56 Å². The van der Waals surface area contributed by atoms with Gasteiger partial charge < -0.3 is 24.3 Å². The molecule has 234 valence electrons. The van der Waals surface area contributed by atoms with Crippen molar-refractivity contribution in [1.29, 1.82) is 0 Å². The first-order valence-corrected chi connectivity index (χ1v) is 14.6. The average molecular weight is 634 g/mol. The second-order valence-corrected chi connectivity index (χ2v) is 12.0. The van der Waals surface area contributed by atoms with Crippen LogP contribution in [0.4, 0.5) is 5.82 Å². The standard InChI is InChI=1S/C33H32ClN3O8/c1-15(2)14-44-18-10-8-17(9-11-18)22-23-19(35-30-25(22)31(40)37(5)32(41)36(30)4)12-16(3)33(28(23)38)29(39)24-20(42-6)13-21(43-7)26(34)27(24)45-33/h8-11,13,16,22,35H,1,12,14H2,2-7H3/t16-,22-,33+/m1/s1. The number of carbonyl (C=O) groups is 2. The van der Waals surface area contributed by atoms with Gasteiger partial charge in [0.2, 0.25) is 17.2 Å². The zero-order valence-electron chi connectivity index (χ0n) is 25.7. The Hall–Kier alpha value is -4.77. The topological polar surface area (TPSA) is 127 Å². The number of anilines is 1. The summed E-state index contributed by atoms with van der Waals surface area (Å²) in [6, 6.07) is 8.48. The van der Waals surface area contributed by atoms with Gasteiger partial charge in [0, 0.05) is 43.3 Å². The van der Waals surface area contributed by atoms with Gasteiger partial charge in [-0.2, -0.15) is 0 Å².